The fraction of sp³-hybridized carbons (Fsp3) is 0.400. The van der Waals surface area contributed by atoms with Crippen molar-refractivity contribution in [3.8, 4) is 0 Å². The molecule has 1 saturated heterocycles. The van der Waals surface area contributed by atoms with Crippen molar-refractivity contribution in [2.24, 2.45) is 5.92 Å². The van der Waals surface area contributed by atoms with E-state index >= 15 is 0 Å². The zero-order valence-electron chi connectivity index (χ0n) is 18.4. The molecule has 0 aliphatic carbocycles. The van der Waals surface area contributed by atoms with Crippen LogP contribution in [0.4, 0.5) is 15.8 Å². The number of fused-ring (bicyclic) bond motifs is 1. The Balaban J connectivity index is 1.54. The topological polar surface area (TPSA) is 69.7 Å². The molecule has 0 bridgehead atoms. The predicted molar refractivity (Wildman–Crippen MR) is 121 cm³/mol. The maximum Gasteiger partial charge on any atom is 0.247 e. The average molecular weight is 438 g/mol. The van der Waals surface area contributed by atoms with Gasteiger partial charge < -0.3 is 15.1 Å². The molecule has 0 saturated carbocycles. The summed E-state index contributed by atoms with van der Waals surface area (Å²) >= 11 is 0. The summed E-state index contributed by atoms with van der Waals surface area (Å²) in [4.78, 5) is 41.1. The van der Waals surface area contributed by atoms with E-state index in [0.29, 0.717) is 44.5 Å². The first-order valence-corrected chi connectivity index (χ1v) is 11.1. The number of hydrogen-bond donors (Lipinski definition) is 1. The number of benzene rings is 2. The fourth-order valence-corrected chi connectivity index (χ4v) is 4.42. The molecule has 3 amide bonds. The van der Waals surface area contributed by atoms with Gasteiger partial charge in [-0.3, -0.25) is 14.4 Å². The van der Waals surface area contributed by atoms with Gasteiger partial charge in [0.25, 0.3) is 0 Å². The van der Waals surface area contributed by atoms with Gasteiger partial charge in [-0.1, -0.05) is 38.1 Å². The molecule has 2 heterocycles. The SMILES string of the molecule is CC(C)CC(=O)N1Cc2ccccc2CC1C(=O)Nc1ccc(N2CCCC2=O)c(F)c1. The number of anilines is 2. The Morgan fingerprint density at radius 3 is 2.56 bits per heavy atom. The lowest BCUT2D eigenvalue weighted by Crippen LogP contribution is -2.50. The van der Waals surface area contributed by atoms with Crippen LogP contribution in [-0.2, 0) is 27.3 Å². The molecule has 2 aromatic carbocycles. The summed E-state index contributed by atoms with van der Waals surface area (Å²) in [5, 5.41) is 2.77. The molecule has 6 nitrogen and oxygen atoms in total. The third-order valence-electron chi connectivity index (χ3n) is 6.03. The molecule has 2 aliphatic rings. The number of nitrogens with one attached hydrogen (secondary N) is 1. The number of carbonyl (C=O) groups excluding carboxylic acids is 3. The number of carbonyl (C=O) groups is 3. The molecule has 1 fully saturated rings. The molecule has 1 N–H and O–H groups in total. The molecule has 32 heavy (non-hydrogen) atoms. The minimum atomic E-state index is -0.668. The van der Waals surface area contributed by atoms with Crippen molar-refractivity contribution in [2.75, 3.05) is 16.8 Å². The lowest BCUT2D eigenvalue weighted by atomic mass is 9.92. The van der Waals surface area contributed by atoms with Crippen molar-refractivity contribution in [2.45, 2.75) is 52.1 Å². The summed E-state index contributed by atoms with van der Waals surface area (Å²) in [6.45, 7) is 4.82. The van der Waals surface area contributed by atoms with Crippen molar-refractivity contribution >= 4 is 29.1 Å². The Morgan fingerprint density at radius 2 is 1.91 bits per heavy atom. The van der Waals surface area contributed by atoms with Gasteiger partial charge in [0.15, 0.2) is 0 Å². The number of nitrogens with zero attached hydrogens (tertiary/aromatic N) is 2. The normalized spacial score (nSPS) is 18.1. The molecule has 0 aromatic heterocycles. The van der Waals surface area contributed by atoms with Gasteiger partial charge in [0.2, 0.25) is 17.7 Å². The molecule has 1 atom stereocenters. The number of halogens is 1. The van der Waals surface area contributed by atoms with Gasteiger partial charge in [0.05, 0.1) is 5.69 Å². The molecule has 2 aliphatic heterocycles. The van der Waals surface area contributed by atoms with E-state index in [9.17, 15) is 18.8 Å². The minimum Gasteiger partial charge on any atom is -0.326 e. The van der Waals surface area contributed by atoms with Crippen molar-refractivity contribution in [1.82, 2.24) is 4.90 Å². The van der Waals surface area contributed by atoms with Gasteiger partial charge >= 0.3 is 0 Å². The Kier molecular flexibility index (Phi) is 6.26. The van der Waals surface area contributed by atoms with Crippen molar-refractivity contribution in [1.29, 1.82) is 0 Å². The second kappa shape index (κ2) is 9.10. The summed E-state index contributed by atoms with van der Waals surface area (Å²) < 4.78 is 14.7. The van der Waals surface area contributed by atoms with Crippen LogP contribution in [-0.4, -0.2) is 35.2 Å². The maximum atomic E-state index is 14.7. The van der Waals surface area contributed by atoms with E-state index in [4.69, 9.17) is 0 Å². The van der Waals surface area contributed by atoms with Crippen LogP contribution in [0.1, 0.15) is 44.2 Å². The van der Waals surface area contributed by atoms with Crippen LogP contribution in [0.25, 0.3) is 0 Å². The van der Waals surface area contributed by atoms with Crippen LogP contribution in [0, 0.1) is 11.7 Å². The zero-order valence-corrected chi connectivity index (χ0v) is 18.4. The Morgan fingerprint density at radius 1 is 1.16 bits per heavy atom. The van der Waals surface area contributed by atoms with Gasteiger partial charge in [0.1, 0.15) is 11.9 Å². The lowest BCUT2D eigenvalue weighted by molar-refractivity contribution is -0.140. The highest BCUT2D eigenvalue weighted by Gasteiger charge is 2.34. The third-order valence-corrected chi connectivity index (χ3v) is 6.03. The summed E-state index contributed by atoms with van der Waals surface area (Å²) in [6, 6.07) is 11.5. The lowest BCUT2D eigenvalue weighted by Gasteiger charge is -2.36. The Hall–Kier alpha value is -3.22. The molecule has 0 radical (unpaired) electrons. The molecule has 0 spiro atoms. The Labute approximate surface area is 187 Å². The fourth-order valence-electron chi connectivity index (χ4n) is 4.42. The average Bonchev–Trinajstić information content (AvgIpc) is 3.18. The predicted octanol–water partition coefficient (Wildman–Crippen LogP) is 3.89. The molecular formula is C25H28FN3O3. The third kappa shape index (κ3) is 4.52. The second-order valence-corrected chi connectivity index (χ2v) is 8.91. The first-order valence-electron chi connectivity index (χ1n) is 11.1. The summed E-state index contributed by atoms with van der Waals surface area (Å²) in [5.41, 5.74) is 2.61. The van der Waals surface area contributed by atoms with Gasteiger partial charge in [-0.05, 0) is 41.7 Å². The zero-order chi connectivity index (χ0) is 22.8. The molecule has 168 valence electrons. The van der Waals surface area contributed by atoms with E-state index in [-0.39, 0.29) is 29.3 Å². The highest BCUT2D eigenvalue weighted by molar-refractivity contribution is 5.99. The van der Waals surface area contributed by atoms with Crippen LogP contribution in [0.15, 0.2) is 42.5 Å². The maximum absolute atomic E-state index is 14.7. The Bertz CT molecular complexity index is 1050. The van der Waals surface area contributed by atoms with Crippen LogP contribution in [0.5, 0.6) is 0 Å². The minimum absolute atomic E-state index is 0.0660. The van der Waals surface area contributed by atoms with E-state index in [1.54, 1.807) is 11.0 Å². The smallest absolute Gasteiger partial charge is 0.247 e. The van der Waals surface area contributed by atoms with Crippen LogP contribution >= 0.6 is 0 Å². The van der Waals surface area contributed by atoms with E-state index in [0.717, 1.165) is 11.1 Å². The first kappa shape index (κ1) is 22.0. The highest BCUT2D eigenvalue weighted by Crippen LogP contribution is 2.29. The molecule has 1 unspecified atom stereocenters. The largest absolute Gasteiger partial charge is 0.326 e. The number of hydrogen-bond acceptors (Lipinski definition) is 3. The van der Waals surface area contributed by atoms with E-state index < -0.39 is 11.9 Å². The van der Waals surface area contributed by atoms with Gasteiger partial charge in [-0.25, -0.2) is 4.39 Å². The first-order chi connectivity index (χ1) is 15.3. The van der Waals surface area contributed by atoms with E-state index in [2.05, 4.69) is 5.32 Å². The van der Waals surface area contributed by atoms with E-state index in [1.807, 2.05) is 38.1 Å². The van der Waals surface area contributed by atoms with Crippen molar-refractivity contribution in [3.05, 3.63) is 59.4 Å². The monoisotopic (exact) mass is 437 g/mol. The van der Waals surface area contributed by atoms with Crippen LogP contribution < -0.4 is 10.2 Å². The summed E-state index contributed by atoms with van der Waals surface area (Å²) in [7, 11) is 0. The van der Waals surface area contributed by atoms with Gasteiger partial charge in [0, 0.05) is 38.0 Å². The molecule has 7 heteroatoms. The number of rotatable bonds is 5. The second-order valence-electron chi connectivity index (χ2n) is 8.91. The van der Waals surface area contributed by atoms with Crippen molar-refractivity contribution in [3.63, 3.8) is 0 Å². The summed E-state index contributed by atoms with van der Waals surface area (Å²) in [6.07, 6.45) is 1.90. The van der Waals surface area contributed by atoms with Gasteiger partial charge in [-0.15, -0.1) is 0 Å². The molecular weight excluding hydrogens is 409 g/mol. The van der Waals surface area contributed by atoms with Gasteiger partial charge in [-0.2, -0.15) is 0 Å². The van der Waals surface area contributed by atoms with E-state index in [1.165, 1.54) is 17.0 Å². The van der Waals surface area contributed by atoms with Crippen LogP contribution in [0.2, 0.25) is 0 Å². The highest BCUT2D eigenvalue weighted by atomic mass is 19.1. The van der Waals surface area contributed by atoms with Crippen LogP contribution in [0.3, 0.4) is 0 Å². The molecule has 4 rings (SSSR count). The summed E-state index contributed by atoms with van der Waals surface area (Å²) in [5.74, 6) is -0.885. The quantitative estimate of drug-likeness (QED) is 0.772. The van der Waals surface area contributed by atoms with Crippen molar-refractivity contribution < 1.29 is 18.8 Å². The standard InChI is InChI=1S/C25H28FN3O3/c1-16(2)12-24(31)29-15-18-7-4-3-6-17(18)13-22(29)25(32)27-19-9-10-21(20(26)14-19)28-11-5-8-23(28)30/h3-4,6-7,9-10,14,16,22H,5,8,11-13,15H2,1-2H3,(H,27,32). The number of amides is 3. The molecule has 2 aromatic rings.